The number of nitrogen functional groups attached to an aromatic ring is 1. The lowest BCUT2D eigenvalue weighted by Gasteiger charge is -2.10. The Hall–Kier alpha value is -1.33. The fourth-order valence-electron chi connectivity index (χ4n) is 1.59. The van der Waals surface area contributed by atoms with Crippen LogP contribution in [0.5, 0.6) is 11.5 Å². The molecule has 0 amide bonds. The zero-order valence-corrected chi connectivity index (χ0v) is 13.4. The molecule has 2 aromatic carbocycles. The lowest BCUT2D eigenvalue weighted by atomic mass is 10.2. The largest absolute Gasteiger partial charge is 0.457 e. The number of hydrogen-bond donors (Lipinski definition) is 2. The highest BCUT2D eigenvalue weighted by Gasteiger charge is 2.07. The SMILES string of the molecule is Cc1ccc(Br)cc1Oc1ccc(C(=N)N)c(Br)c1. The van der Waals surface area contributed by atoms with Crippen molar-refractivity contribution in [1.29, 1.82) is 5.41 Å². The first-order valence-electron chi connectivity index (χ1n) is 5.55. The van der Waals surface area contributed by atoms with Crippen LogP contribution in [0.3, 0.4) is 0 Å². The van der Waals surface area contributed by atoms with Crippen LogP contribution in [0, 0.1) is 12.3 Å². The molecule has 0 aromatic heterocycles. The normalized spacial score (nSPS) is 10.3. The Morgan fingerprint density at radius 1 is 1.16 bits per heavy atom. The van der Waals surface area contributed by atoms with Crippen LogP contribution >= 0.6 is 31.9 Å². The molecule has 0 radical (unpaired) electrons. The summed E-state index contributed by atoms with van der Waals surface area (Å²) in [4.78, 5) is 0. The van der Waals surface area contributed by atoms with Crippen molar-refractivity contribution in [2.75, 3.05) is 0 Å². The second-order valence-corrected chi connectivity index (χ2v) is 5.84. The number of nitrogens with two attached hydrogens (primary N) is 1. The van der Waals surface area contributed by atoms with Gasteiger partial charge in [0.2, 0.25) is 0 Å². The summed E-state index contributed by atoms with van der Waals surface area (Å²) >= 11 is 6.80. The van der Waals surface area contributed by atoms with E-state index >= 15 is 0 Å². The van der Waals surface area contributed by atoms with Crippen LogP contribution in [-0.2, 0) is 0 Å². The average Bonchev–Trinajstić information content (AvgIpc) is 2.33. The van der Waals surface area contributed by atoms with Crippen LogP contribution in [0.15, 0.2) is 45.3 Å². The van der Waals surface area contributed by atoms with Gasteiger partial charge < -0.3 is 10.5 Å². The second-order valence-electron chi connectivity index (χ2n) is 4.07. The van der Waals surface area contributed by atoms with Crippen LogP contribution in [0.2, 0.25) is 0 Å². The van der Waals surface area contributed by atoms with Gasteiger partial charge in [-0.25, -0.2) is 0 Å². The van der Waals surface area contributed by atoms with Crippen molar-refractivity contribution in [2.45, 2.75) is 6.92 Å². The third kappa shape index (κ3) is 3.36. The summed E-state index contributed by atoms with van der Waals surface area (Å²) in [6.45, 7) is 1.99. The Balaban J connectivity index is 2.31. The predicted octanol–water partition coefficient (Wildman–Crippen LogP) is 4.60. The van der Waals surface area contributed by atoms with Gasteiger partial charge in [0.25, 0.3) is 0 Å². The summed E-state index contributed by atoms with van der Waals surface area (Å²) in [5, 5.41) is 7.43. The highest BCUT2D eigenvalue weighted by Crippen LogP contribution is 2.30. The molecule has 5 heteroatoms. The van der Waals surface area contributed by atoms with Gasteiger partial charge in [-0.2, -0.15) is 0 Å². The van der Waals surface area contributed by atoms with Crippen molar-refractivity contribution >= 4 is 37.7 Å². The molecule has 0 saturated carbocycles. The van der Waals surface area contributed by atoms with Crippen molar-refractivity contribution in [3.8, 4) is 11.5 Å². The van der Waals surface area contributed by atoms with Crippen molar-refractivity contribution in [3.05, 3.63) is 56.5 Å². The number of rotatable bonds is 3. The number of nitrogens with one attached hydrogen (secondary N) is 1. The highest BCUT2D eigenvalue weighted by atomic mass is 79.9. The second kappa shape index (κ2) is 5.75. The molecule has 2 rings (SSSR count). The van der Waals surface area contributed by atoms with Crippen LogP contribution in [0.1, 0.15) is 11.1 Å². The van der Waals surface area contributed by atoms with E-state index in [9.17, 15) is 0 Å². The van der Waals surface area contributed by atoms with Crippen molar-refractivity contribution in [1.82, 2.24) is 0 Å². The molecule has 19 heavy (non-hydrogen) atoms. The van der Waals surface area contributed by atoms with Gasteiger partial charge in [-0.3, -0.25) is 5.41 Å². The van der Waals surface area contributed by atoms with E-state index < -0.39 is 0 Å². The zero-order valence-electron chi connectivity index (χ0n) is 10.2. The smallest absolute Gasteiger partial charge is 0.131 e. The molecule has 0 unspecified atom stereocenters. The summed E-state index contributed by atoms with van der Waals surface area (Å²) in [6.07, 6.45) is 0. The summed E-state index contributed by atoms with van der Waals surface area (Å²) in [5.41, 5.74) is 7.17. The summed E-state index contributed by atoms with van der Waals surface area (Å²) in [5.74, 6) is 1.51. The Morgan fingerprint density at radius 2 is 1.89 bits per heavy atom. The topological polar surface area (TPSA) is 59.1 Å². The molecule has 98 valence electrons. The van der Waals surface area contributed by atoms with Gasteiger partial charge in [-0.05, 0) is 58.7 Å². The lowest BCUT2D eigenvalue weighted by molar-refractivity contribution is 0.478. The Kier molecular flexibility index (Phi) is 4.27. The van der Waals surface area contributed by atoms with Gasteiger partial charge in [-0.1, -0.05) is 22.0 Å². The molecule has 3 N–H and O–H groups in total. The summed E-state index contributed by atoms with van der Waals surface area (Å²) in [6, 6.07) is 11.2. The first-order valence-corrected chi connectivity index (χ1v) is 7.14. The monoisotopic (exact) mass is 382 g/mol. The standard InChI is InChI=1S/C14H12Br2N2O/c1-8-2-3-9(15)6-13(8)19-10-4-5-11(14(17)18)12(16)7-10/h2-7H,1H3,(H3,17,18). The molecule has 0 aliphatic heterocycles. The van der Waals surface area contributed by atoms with Crippen LogP contribution in [0.4, 0.5) is 0 Å². The number of halogens is 2. The number of amidine groups is 1. The quantitative estimate of drug-likeness (QED) is 0.601. The summed E-state index contributed by atoms with van der Waals surface area (Å²) < 4.78 is 7.54. The first-order chi connectivity index (χ1) is 8.97. The Bertz CT molecular complexity index is 641. The van der Waals surface area contributed by atoms with Crippen LogP contribution in [-0.4, -0.2) is 5.84 Å². The van der Waals surface area contributed by atoms with E-state index in [1.807, 2.05) is 25.1 Å². The number of hydrogen-bond acceptors (Lipinski definition) is 2. The fraction of sp³-hybridized carbons (Fsp3) is 0.0714. The molecule has 0 atom stereocenters. The van der Waals surface area contributed by atoms with Crippen molar-refractivity contribution in [3.63, 3.8) is 0 Å². The molecule has 0 fully saturated rings. The van der Waals surface area contributed by atoms with E-state index in [1.165, 1.54) is 0 Å². The maximum Gasteiger partial charge on any atom is 0.131 e. The highest BCUT2D eigenvalue weighted by molar-refractivity contribution is 9.10. The zero-order chi connectivity index (χ0) is 14.0. The van der Waals surface area contributed by atoms with Crippen molar-refractivity contribution in [2.24, 2.45) is 5.73 Å². The third-order valence-electron chi connectivity index (χ3n) is 2.61. The molecule has 0 aliphatic rings. The Morgan fingerprint density at radius 3 is 2.53 bits per heavy atom. The molecule has 0 spiro atoms. The lowest BCUT2D eigenvalue weighted by Crippen LogP contribution is -2.11. The van der Waals surface area contributed by atoms with Gasteiger partial charge in [0, 0.05) is 14.5 Å². The Labute approximate surface area is 128 Å². The third-order valence-corrected chi connectivity index (χ3v) is 3.76. The van der Waals surface area contributed by atoms with Crippen LogP contribution < -0.4 is 10.5 Å². The fourth-order valence-corrected chi connectivity index (χ4v) is 2.50. The summed E-state index contributed by atoms with van der Waals surface area (Å²) in [7, 11) is 0. The minimum atomic E-state index is 0.0251. The number of aryl methyl sites for hydroxylation is 1. The number of benzene rings is 2. The van der Waals surface area contributed by atoms with Gasteiger partial charge in [0.05, 0.1) is 0 Å². The molecule has 3 nitrogen and oxygen atoms in total. The molecule has 0 heterocycles. The van der Waals surface area contributed by atoms with Gasteiger partial charge in [0.15, 0.2) is 0 Å². The van der Waals surface area contributed by atoms with Gasteiger partial charge >= 0.3 is 0 Å². The van der Waals surface area contributed by atoms with E-state index in [2.05, 4.69) is 31.9 Å². The van der Waals surface area contributed by atoms with Gasteiger partial charge in [-0.15, -0.1) is 0 Å². The molecule has 2 aromatic rings. The predicted molar refractivity (Wildman–Crippen MR) is 84.1 cm³/mol. The first kappa shape index (κ1) is 14.1. The molecule has 0 saturated heterocycles. The minimum Gasteiger partial charge on any atom is -0.457 e. The van der Waals surface area contributed by atoms with Gasteiger partial charge in [0.1, 0.15) is 17.3 Å². The molecular formula is C14H12Br2N2O. The van der Waals surface area contributed by atoms with Crippen LogP contribution in [0.25, 0.3) is 0 Å². The molecule has 0 bridgehead atoms. The van der Waals surface area contributed by atoms with E-state index in [-0.39, 0.29) is 5.84 Å². The van der Waals surface area contributed by atoms with E-state index in [0.29, 0.717) is 11.3 Å². The molecular weight excluding hydrogens is 372 g/mol. The van der Waals surface area contributed by atoms with E-state index in [0.717, 1.165) is 20.3 Å². The molecule has 0 aliphatic carbocycles. The average molecular weight is 384 g/mol. The minimum absolute atomic E-state index is 0.0251. The van der Waals surface area contributed by atoms with E-state index in [1.54, 1.807) is 18.2 Å². The maximum absolute atomic E-state index is 7.43. The maximum atomic E-state index is 7.43. The number of ether oxygens (including phenoxy) is 1. The van der Waals surface area contributed by atoms with Crippen molar-refractivity contribution < 1.29 is 4.74 Å². The van der Waals surface area contributed by atoms with E-state index in [4.69, 9.17) is 15.9 Å².